The second-order valence-corrected chi connectivity index (χ2v) is 5.50. The largest absolute Gasteiger partial charge is 0.347 e. The lowest BCUT2D eigenvalue weighted by atomic mass is 10.00. The van der Waals surface area contributed by atoms with Crippen molar-refractivity contribution in [3.63, 3.8) is 0 Å². The molecule has 1 aromatic heterocycles. The molecule has 1 aromatic carbocycles. The average Bonchev–Trinajstić information content (AvgIpc) is 2.45. The standard InChI is InChI=1S/C18H19N3O/c1-11-7-12(2)16(13(3)8-11)10-20-18(22)17-6-5-15(9-19)14(4)21-17/h5-8H,10H2,1-4H3,(H,20,22). The van der Waals surface area contributed by atoms with Crippen molar-refractivity contribution < 1.29 is 4.79 Å². The van der Waals surface area contributed by atoms with Gasteiger partial charge >= 0.3 is 0 Å². The maximum Gasteiger partial charge on any atom is 0.270 e. The number of nitrogens with zero attached hydrogens (tertiary/aromatic N) is 2. The molecule has 0 unspecified atom stereocenters. The molecule has 1 heterocycles. The lowest BCUT2D eigenvalue weighted by Gasteiger charge is -2.12. The van der Waals surface area contributed by atoms with Gasteiger partial charge in [0.1, 0.15) is 11.8 Å². The Morgan fingerprint density at radius 1 is 1.18 bits per heavy atom. The summed E-state index contributed by atoms with van der Waals surface area (Å²) in [6, 6.07) is 9.47. The van der Waals surface area contributed by atoms with Gasteiger partial charge in [-0.05, 0) is 56.5 Å². The number of aromatic nitrogens is 1. The molecule has 0 aliphatic heterocycles. The summed E-state index contributed by atoms with van der Waals surface area (Å²) in [5, 5.41) is 11.8. The molecule has 0 radical (unpaired) electrons. The van der Waals surface area contributed by atoms with Crippen molar-refractivity contribution in [3.05, 3.63) is 63.5 Å². The first kappa shape index (κ1) is 15.7. The number of benzene rings is 1. The second kappa shape index (κ2) is 6.40. The molecule has 0 aliphatic rings. The molecule has 112 valence electrons. The van der Waals surface area contributed by atoms with Crippen LogP contribution in [0.15, 0.2) is 24.3 Å². The summed E-state index contributed by atoms with van der Waals surface area (Å²) < 4.78 is 0. The highest BCUT2D eigenvalue weighted by Gasteiger charge is 2.11. The smallest absolute Gasteiger partial charge is 0.270 e. The zero-order chi connectivity index (χ0) is 16.3. The monoisotopic (exact) mass is 293 g/mol. The van der Waals surface area contributed by atoms with Gasteiger partial charge < -0.3 is 5.32 Å². The minimum Gasteiger partial charge on any atom is -0.347 e. The van der Waals surface area contributed by atoms with Gasteiger partial charge in [0.05, 0.1) is 11.3 Å². The number of aryl methyl sites for hydroxylation is 4. The molecule has 0 saturated heterocycles. The van der Waals surface area contributed by atoms with E-state index in [0.29, 0.717) is 23.5 Å². The Morgan fingerprint density at radius 3 is 2.36 bits per heavy atom. The molecule has 4 nitrogen and oxygen atoms in total. The number of carbonyl (C=O) groups excluding carboxylic acids is 1. The molecular formula is C18H19N3O. The molecule has 22 heavy (non-hydrogen) atoms. The highest BCUT2D eigenvalue weighted by molar-refractivity contribution is 5.92. The Labute approximate surface area is 130 Å². The summed E-state index contributed by atoms with van der Waals surface area (Å²) in [7, 11) is 0. The minimum atomic E-state index is -0.230. The van der Waals surface area contributed by atoms with Crippen LogP contribution in [-0.2, 0) is 6.54 Å². The van der Waals surface area contributed by atoms with Crippen LogP contribution in [0.3, 0.4) is 0 Å². The Hall–Kier alpha value is -2.67. The number of nitrogens with one attached hydrogen (secondary N) is 1. The average molecular weight is 293 g/mol. The van der Waals surface area contributed by atoms with E-state index in [0.717, 1.165) is 5.56 Å². The number of carbonyl (C=O) groups is 1. The number of rotatable bonds is 3. The van der Waals surface area contributed by atoms with E-state index < -0.39 is 0 Å². The van der Waals surface area contributed by atoms with Crippen molar-refractivity contribution in [2.45, 2.75) is 34.2 Å². The molecule has 1 amide bonds. The molecule has 4 heteroatoms. The first-order chi connectivity index (χ1) is 10.4. The minimum absolute atomic E-state index is 0.230. The van der Waals surface area contributed by atoms with E-state index in [2.05, 4.69) is 29.4 Å². The van der Waals surface area contributed by atoms with E-state index in [1.807, 2.05) is 19.9 Å². The number of nitriles is 1. The second-order valence-electron chi connectivity index (χ2n) is 5.50. The predicted octanol–water partition coefficient (Wildman–Crippen LogP) is 3.12. The third-order valence-electron chi connectivity index (χ3n) is 3.70. The fourth-order valence-electron chi connectivity index (χ4n) is 2.55. The van der Waals surface area contributed by atoms with Crippen LogP contribution in [0.25, 0.3) is 0 Å². The Morgan fingerprint density at radius 2 is 1.82 bits per heavy atom. The molecule has 0 spiro atoms. The van der Waals surface area contributed by atoms with Crippen molar-refractivity contribution in [2.75, 3.05) is 0 Å². The fraction of sp³-hybridized carbons (Fsp3) is 0.278. The summed E-state index contributed by atoms with van der Waals surface area (Å²) in [5.41, 5.74) is 6.07. The topological polar surface area (TPSA) is 65.8 Å². The van der Waals surface area contributed by atoms with Crippen LogP contribution in [-0.4, -0.2) is 10.9 Å². The first-order valence-electron chi connectivity index (χ1n) is 7.15. The van der Waals surface area contributed by atoms with Crippen LogP contribution >= 0.6 is 0 Å². The molecular weight excluding hydrogens is 274 g/mol. The van der Waals surface area contributed by atoms with Crippen LogP contribution < -0.4 is 5.32 Å². The van der Waals surface area contributed by atoms with E-state index in [1.165, 1.54) is 16.7 Å². The molecule has 0 fully saturated rings. The summed E-state index contributed by atoms with van der Waals surface area (Å²) in [5.74, 6) is -0.230. The van der Waals surface area contributed by atoms with Crippen molar-refractivity contribution >= 4 is 5.91 Å². The van der Waals surface area contributed by atoms with Crippen molar-refractivity contribution in [2.24, 2.45) is 0 Å². The van der Waals surface area contributed by atoms with Gasteiger partial charge in [0.25, 0.3) is 5.91 Å². The molecule has 2 aromatic rings. The predicted molar refractivity (Wildman–Crippen MR) is 85.5 cm³/mol. The number of pyridine rings is 1. The van der Waals surface area contributed by atoms with Gasteiger partial charge in [0, 0.05) is 6.54 Å². The van der Waals surface area contributed by atoms with Gasteiger partial charge in [0.15, 0.2) is 0 Å². The molecule has 0 bridgehead atoms. The van der Waals surface area contributed by atoms with Crippen molar-refractivity contribution in [3.8, 4) is 6.07 Å². The number of hydrogen-bond donors (Lipinski definition) is 1. The van der Waals surface area contributed by atoms with E-state index in [4.69, 9.17) is 5.26 Å². The van der Waals surface area contributed by atoms with Gasteiger partial charge in [-0.25, -0.2) is 4.98 Å². The van der Waals surface area contributed by atoms with Crippen molar-refractivity contribution in [1.82, 2.24) is 10.3 Å². The molecule has 0 aliphatic carbocycles. The SMILES string of the molecule is Cc1cc(C)c(CNC(=O)c2ccc(C#N)c(C)n2)c(C)c1. The van der Waals surface area contributed by atoms with Crippen LogP contribution in [0.2, 0.25) is 0 Å². The Kier molecular flexibility index (Phi) is 4.57. The molecule has 1 N–H and O–H groups in total. The highest BCUT2D eigenvalue weighted by Crippen LogP contribution is 2.16. The van der Waals surface area contributed by atoms with Gasteiger partial charge in [0.2, 0.25) is 0 Å². The summed E-state index contributed by atoms with van der Waals surface area (Å²) >= 11 is 0. The highest BCUT2D eigenvalue weighted by atomic mass is 16.1. The van der Waals surface area contributed by atoms with Crippen LogP contribution in [0.1, 0.15) is 44.0 Å². The quantitative estimate of drug-likeness (QED) is 0.945. The maximum atomic E-state index is 12.2. The van der Waals surface area contributed by atoms with Gasteiger partial charge in [-0.2, -0.15) is 5.26 Å². The van der Waals surface area contributed by atoms with Crippen LogP contribution in [0.5, 0.6) is 0 Å². The van der Waals surface area contributed by atoms with Gasteiger partial charge in [-0.15, -0.1) is 0 Å². The third kappa shape index (κ3) is 3.32. The normalized spacial score (nSPS) is 10.1. The van der Waals surface area contributed by atoms with Gasteiger partial charge in [-0.3, -0.25) is 4.79 Å². The van der Waals surface area contributed by atoms with E-state index in [-0.39, 0.29) is 5.91 Å². The summed E-state index contributed by atoms with van der Waals surface area (Å²) in [6.07, 6.45) is 0. The third-order valence-corrected chi connectivity index (χ3v) is 3.70. The number of hydrogen-bond acceptors (Lipinski definition) is 3. The lowest BCUT2D eigenvalue weighted by Crippen LogP contribution is -2.25. The molecule has 2 rings (SSSR count). The number of amides is 1. The van der Waals surface area contributed by atoms with E-state index in [9.17, 15) is 4.79 Å². The maximum absolute atomic E-state index is 12.2. The summed E-state index contributed by atoms with van der Waals surface area (Å²) in [6.45, 7) is 8.35. The van der Waals surface area contributed by atoms with Crippen molar-refractivity contribution in [1.29, 1.82) is 5.26 Å². The van der Waals surface area contributed by atoms with E-state index in [1.54, 1.807) is 19.1 Å². The summed E-state index contributed by atoms with van der Waals surface area (Å²) in [4.78, 5) is 16.4. The van der Waals surface area contributed by atoms with Crippen LogP contribution in [0.4, 0.5) is 0 Å². The molecule has 0 saturated carbocycles. The fourth-order valence-corrected chi connectivity index (χ4v) is 2.55. The Bertz CT molecular complexity index is 749. The Balaban J connectivity index is 2.14. The van der Waals surface area contributed by atoms with Gasteiger partial charge in [-0.1, -0.05) is 17.7 Å². The first-order valence-corrected chi connectivity index (χ1v) is 7.15. The zero-order valence-electron chi connectivity index (χ0n) is 13.3. The van der Waals surface area contributed by atoms with Crippen LogP contribution in [0, 0.1) is 39.0 Å². The lowest BCUT2D eigenvalue weighted by molar-refractivity contribution is 0.0945. The molecule has 0 atom stereocenters. The zero-order valence-corrected chi connectivity index (χ0v) is 13.3. The van der Waals surface area contributed by atoms with E-state index >= 15 is 0 Å².